The summed E-state index contributed by atoms with van der Waals surface area (Å²) >= 11 is 0. The molecule has 0 saturated carbocycles. The molecule has 4 aromatic rings. The Morgan fingerprint density at radius 2 is 1.47 bits per heavy atom. The lowest BCUT2D eigenvalue weighted by atomic mass is 9.98. The molecule has 0 unspecified atom stereocenters. The minimum Gasteiger partial charge on any atom is -0.352 e. The number of carbonyl (C=O) groups excluding carboxylic acids is 2. The Kier molecular flexibility index (Phi) is 9.31. The number of hydrogen-bond acceptors (Lipinski definition) is 2. The third kappa shape index (κ3) is 6.89. The summed E-state index contributed by atoms with van der Waals surface area (Å²) in [6.07, 6.45) is 2.25. The van der Waals surface area contributed by atoms with Crippen molar-refractivity contribution in [1.82, 2.24) is 10.2 Å². The lowest BCUT2D eigenvalue weighted by molar-refractivity contribution is -0.141. The standard InChI is InChI=1S/C34H38N2O2/c1-4-26(3)35-34(38)32(23-27-14-6-5-7-15-27)36(24-30-17-9-8-13-25(30)2)33(37)22-21-29-19-12-18-28-16-10-11-20-31(28)29/h5-20,26,32H,4,21-24H2,1-3H3,(H,35,38)/t26-,32-/m0/s1. The molecule has 0 fully saturated rings. The van der Waals surface area contributed by atoms with Gasteiger partial charge in [-0.15, -0.1) is 0 Å². The average molecular weight is 507 g/mol. The van der Waals surface area contributed by atoms with Gasteiger partial charge < -0.3 is 10.2 Å². The van der Waals surface area contributed by atoms with E-state index in [1.54, 1.807) is 4.90 Å². The number of nitrogens with zero attached hydrogens (tertiary/aromatic N) is 1. The van der Waals surface area contributed by atoms with E-state index >= 15 is 0 Å². The van der Waals surface area contributed by atoms with Gasteiger partial charge in [-0.2, -0.15) is 0 Å². The van der Waals surface area contributed by atoms with E-state index in [0.29, 0.717) is 25.8 Å². The maximum atomic E-state index is 14.0. The molecule has 4 heteroatoms. The number of amides is 2. The fourth-order valence-corrected chi connectivity index (χ4v) is 4.86. The van der Waals surface area contributed by atoms with E-state index in [-0.39, 0.29) is 17.9 Å². The van der Waals surface area contributed by atoms with E-state index in [1.165, 1.54) is 10.8 Å². The average Bonchev–Trinajstić information content (AvgIpc) is 2.94. The monoisotopic (exact) mass is 506 g/mol. The molecular weight excluding hydrogens is 468 g/mol. The number of carbonyl (C=O) groups is 2. The number of benzene rings is 4. The minimum absolute atomic E-state index is 0.0126. The molecule has 0 aliphatic heterocycles. The molecule has 0 spiro atoms. The van der Waals surface area contributed by atoms with Crippen LogP contribution in [0.3, 0.4) is 0 Å². The first-order valence-electron chi connectivity index (χ1n) is 13.6. The lowest BCUT2D eigenvalue weighted by Gasteiger charge is -2.33. The second-order valence-electron chi connectivity index (χ2n) is 10.1. The largest absolute Gasteiger partial charge is 0.352 e. The Bertz CT molecular complexity index is 1360. The Morgan fingerprint density at radius 3 is 2.24 bits per heavy atom. The smallest absolute Gasteiger partial charge is 0.243 e. The molecule has 0 aliphatic carbocycles. The van der Waals surface area contributed by atoms with E-state index in [4.69, 9.17) is 0 Å². The number of rotatable bonds is 11. The lowest BCUT2D eigenvalue weighted by Crippen LogP contribution is -2.52. The van der Waals surface area contributed by atoms with Crippen LogP contribution in [0.2, 0.25) is 0 Å². The van der Waals surface area contributed by atoms with Crippen LogP contribution in [0.5, 0.6) is 0 Å². The Labute approximate surface area is 226 Å². The normalized spacial score (nSPS) is 12.6. The number of fused-ring (bicyclic) bond motifs is 1. The quantitative estimate of drug-likeness (QED) is 0.248. The van der Waals surface area contributed by atoms with Crippen molar-refractivity contribution < 1.29 is 9.59 Å². The molecule has 0 radical (unpaired) electrons. The molecule has 38 heavy (non-hydrogen) atoms. The molecule has 0 bridgehead atoms. The number of nitrogens with one attached hydrogen (secondary N) is 1. The summed E-state index contributed by atoms with van der Waals surface area (Å²) < 4.78 is 0. The van der Waals surface area contributed by atoms with Crippen molar-refractivity contribution in [3.8, 4) is 0 Å². The van der Waals surface area contributed by atoms with E-state index in [1.807, 2.05) is 73.7 Å². The summed E-state index contributed by atoms with van der Waals surface area (Å²) in [6.45, 7) is 6.51. The second kappa shape index (κ2) is 13.0. The van der Waals surface area contributed by atoms with Crippen LogP contribution in [-0.2, 0) is 29.0 Å². The highest BCUT2D eigenvalue weighted by Crippen LogP contribution is 2.22. The van der Waals surface area contributed by atoms with Crippen LogP contribution in [0.1, 0.15) is 48.9 Å². The predicted molar refractivity (Wildman–Crippen MR) is 156 cm³/mol. The molecule has 1 N–H and O–H groups in total. The fraction of sp³-hybridized carbons (Fsp3) is 0.294. The zero-order valence-corrected chi connectivity index (χ0v) is 22.7. The van der Waals surface area contributed by atoms with Crippen molar-refractivity contribution in [1.29, 1.82) is 0 Å². The van der Waals surface area contributed by atoms with Gasteiger partial charge in [0.05, 0.1) is 0 Å². The molecule has 0 saturated heterocycles. The predicted octanol–water partition coefficient (Wildman–Crippen LogP) is 6.64. The van der Waals surface area contributed by atoms with Crippen molar-refractivity contribution in [3.05, 3.63) is 119 Å². The van der Waals surface area contributed by atoms with Gasteiger partial charge in [0.15, 0.2) is 0 Å². The molecule has 2 atom stereocenters. The van der Waals surface area contributed by atoms with Crippen LogP contribution >= 0.6 is 0 Å². The highest BCUT2D eigenvalue weighted by molar-refractivity contribution is 5.89. The van der Waals surface area contributed by atoms with Crippen molar-refractivity contribution >= 4 is 22.6 Å². The summed E-state index contributed by atoms with van der Waals surface area (Å²) in [5.41, 5.74) is 4.35. The summed E-state index contributed by atoms with van der Waals surface area (Å²) in [5, 5.41) is 5.49. The molecule has 2 amide bonds. The molecule has 0 aliphatic rings. The van der Waals surface area contributed by atoms with Crippen LogP contribution < -0.4 is 5.32 Å². The summed E-state index contributed by atoms with van der Waals surface area (Å²) in [7, 11) is 0. The van der Waals surface area contributed by atoms with Crippen molar-refractivity contribution in [3.63, 3.8) is 0 Å². The number of hydrogen-bond donors (Lipinski definition) is 1. The topological polar surface area (TPSA) is 49.4 Å². The van der Waals surface area contributed by atoms with Gasteiger partial charge in [0.2, 0.25) is 11.8 Å². The van der Waals surface area contributed by atoms with Gasteiger partial charge in [-0.3, -0.25) is 9.59 Å². The van der Waals surface area contributed by atoms with E-state index in [9.17, 15) is 9.59 Å². The highest BCUT2D eigenvalue weighted by Gasteiger charge is 2.31. The molecule has 4 nitrogen and oxygen atoms in total. The maximum absolute atomic E-state index is 14.0. The van der Waals surface area contributed by atoms with Gasteiger partial charge in [0.1, 0.15) is 6.04 Å². The molecule has 0 heterocycles. The Hall–Kier alpha value is -3.92. The molecule has 4 rings (SSSR count). The Balaban J connectivity index is 1.66. The second-order valence-corrected chi connectivity index (χ2v) is 10.1. The first-order chi connectivity index (χ1) is 18.5. The van der Waals surface area contributed by atoms with Crippen LogP contribution in [-0.4, -0.2) is 28.8 Å². The van der Waals surface area contributed by atoms with E-state index in [0.717, 1.165) is 28.7 Å². The third-order valence-corrected chi connectivity index (χ3v) is 7.36. The van der Waals surface area contributed by atoms with Gasteiger partial charge in [-0.1, -0.05) is 104 Å². The maximum Gasteiger partial charge on any atom is 0.243 e. The van der Waals surface area contributed by atoms with Gasteiger partial charge >= 0.3 is 0 Å². The van der Waals surface area contributed by atoms with E-state index in [2.05, 4.69) is 49.5 Å². The van der Waals surface area contributed by atoms with Crippen LogP contribution in [0, 0.1) is 6.92 Å². The van der Waals surface area contributed by atoms with Gasteiger partial charge in [0.25, 0.3) is 0 Å². The zero-order valence-electron chi connectivity index (χ0n) is 22.7. The fourth-order valence-electron chi connectivity index (χ4n) is 4.86. The highest BCUT2D eigenvalue weighted by atomic mass is 16.2. The van der Waals surface area contributed by atoms with Crippen molar-refractivity contribution in [2.75, 3.05) is 0 Å². The molecule has 4 aromatic carbocycles. The summed E-state index contributed by atoms with van der Waals surface area (Å²) in [4.78, 5) is 29.5. The van der Waals surface area contributed by atoms with Crippen molar-refractivity contribution in [2.45, 2.75) is 65.1 Å². The number of aryl methyl sites for hydroxylation is 2. The van der Waals surface area contributed by atoms with E-state index < -0.39 is 6.04 Å². The molecular formula is C34H38N2O2. The van der Waals surface area contributed by atoms with Gasteiger partial charge in [-0.05, 0) is 59.7 Å². The van der Waals surface area contributed by atoms with Crippen LogP contribution in [0.4, 0.5) is 0 Å². The van der Waals surface area contributed by atoms with Crippen molar-refractivity contribution in [2.24, 2.45) is 0 Å². The summed E-state index contributed by atoms with van der Waals surface area (Å²) in [6, 6.07) is 32.0. The minimum atomic E-state index is -0.606. The molecule has 196 valence electrons. The van der Waals surface area contributed by atoms with Crippen LogP contribution in [0.25, 0.3) is 10.8 Å². The van der Waals surface area contributed by atoms with Gasteiger partial charge in [0, 0.05) is 25.4 Å². The van der Waals surface area contributed by atoms with Gasteiger partial charge in [-0.25, -0.2) is 0 Å². The first kappa shape index (κ1) is 27.1. The third-order valence-electron chi connectivity index (χ3n) is 7.36. The SMILES string of the molecule is CC[C@H](C)NC(=O)[C@H](Cc1ccccc1)N(Cc1ccccc1C)C(=O)CCc1cccc2ccccc12. The first-order valence-corrected chi connectivity index (χ1v) is 13.6. The molecule has 0 aromatic heterocycles. The summed E-state index contributed by atoms with van der Waals surface area (Å²) in [5.74, 6) is -0.114. The van der Waals surface area contributed by atoms with Crippen LogP contribution in [0.15, 0.2) is 97.1 Å². The Morgan fingerprint density at radius 1 is 0.816 bits per heavy atom. The zero-order chi connectivity index (χ0) is 26.9.